The monoisotopic (exact) mass is 504 g/mol. The molecule has 194 valence electrons. The summed E-state index contributed by atoms with van der Waals surface area (Å²) in [7, 11) is 1.39. The molecule has 1 amide bonds. The number of pyridine rings is 1. The van der Waals surface area contributed by atoms with Crippen LogP contribution in [0.3, 0.4) is 0 Å². The van der Waals surface area contributed by atoms with Crippen molar-refractivity contribution in [2.24, 2.45) is 5.92 Å². The summed E-state index contributed by atoms with van der Waals surface area (Å²) in [4.78, 5) is 42.3. The van der Waals surface area contributed by atoms with Crippen LogP contribution in [-0.4, -0.2) is 42.1 Å². The van der Waals surface area contributed by atoms with E-state index in [0.29, 0.717) is 0 Å². The molecule has 0 saturated carbocycles. The number of hydrogen-bond donors (Lipinski definition) is 1. The van der Waals surface area contributed by atoms with E-state index in [2.05, 4.69) is 10.3 Å². The van der Waals surface area contributed by atoms with Crippen LogP contribution in [-0.2, 0) is 14.3 Å². The van der Waals surface area contributed by atoms with E-state index in [9.17, 15) is 14.4 Å². The number of nitrogens with one attached hydrogen (secondary N) is 1. The summed E-state index contributed by atoms with van der Waals surface area (Å²) in [6.07, 6.45) is 0.838. The van der Waals surface area contributed by atoms with E-state index in [1.54, 1.807) is 13.8 Å². The number of nitrogens with zero attached hydrogens (tertiary/aromatic N) is 1. The number of aromatic nitrogens is 1. The normalized spacial score (nSPS) is 12.5. The molecule has 2 aromatic carbocycles. The van der Waals surface area contributed by atoms with Gasteiger partial charge in [0.15, 0.2) is 11.4 Å². The number of carbonyl (C=O) groups excluding carboxylic acids is 3. The maximum Gasteiger partial charge on any atom is 0.328 e. The number of amides is 1. The number of hydrogen-bond acceptors (Lipinski definition) is 7. The van der Waals surface area contributed by atoms with Crippen LogP contribution in [0.15, 0.2) is 72.9 Å². The van der Waals surface area contributed by atoms with Crippen LogP contribution >= 0.6 is 0 Å². The molecule has 1 N–H and O–H groups in total. The lowest BCUT2D eigenvalue weighted by atomic mass is 9.87. The number of methoxy groups -OCH3 is 1. The molecule has 0 bridgehead atoms. The fourth-order valence-electron chi connectivity index (χ4n) is 3.80. The maximum absolute atomic E-state index is 13.0. The SMILES string of the molecule is COc1ccnc(C(=O)N[C@@H](C)C(=O)O[C@@H](C)C(c2ccccc2)c2ccccc2)c1OC(=O)C(C)C. The predicted octanol–water partition coefficient (Wildman–Crippen LogP) is 4.53. The van der Waals surface area contributed by atoms with Crippen LogP contribution in [0.25, 0.3) is 0 Å². The Labute approximate surface area is 217 Å². The van der Waals surface area contributed by atoms with Gasteiger partial charge in [-0.05, 0) is 25.0 Å². The molecule has 8 heteroatoms. The van der Waals surface area contributed by atoms with Crippen LogP contribution in [0.4, 0.5) is 0 Å². The highest BCUT2D eigenvalue weighted by Crippen LogP contribution is 2.31. The molecule has 8 nitrogen and oxygen atoms in total. The summed E-state index contributed by atoms with van der Waals surface area (Å²) in [5.41, 5.74) is 1.83. The number of benzene rings is 2. The summed E-state index contributed by atoms with van der Waals surface area (Å²) in [6.45, 7) is 6.68. The molecule has 0 saturated heterocycles. The van der Waals surface area contributed by atoms with Crippen molar-refractivity contribution >= 4 is 17.8 Å². The summed E-state index contributed by atoms with van der Waals surface area (Å²) < 4.78 is 16.4. The predicted molar refractivity (Wildman–Crippen MR) is 138 cm³/mol. The quantitative estimate of drug-likeness (QED) is 0.405. The minimum atomic E-state index is -0.996. The van der Waals surface area contributed by atoms with Gasteiger partial charge in [0, 0.05) is 18.2 Å². The number of ether oxygens (including phenoxy) is 3. The Bertz CT molecular complexity index is 1170. The van der Waals surface area contributed by atoms with Crippen molar-refractivity contribution in [3.05, 3.63) is 89.7 Å². The average molecular weight is 505 g/mol. The van der Waals surface area contributed by atoms with Crippen LogP contribution in [0.2, 0.25) is 0 Å². The first-order valence-electron chi connectivity index (χ1n) is 12.1. The van der Waals surface area contributed by atoms with Gasteiger partial charge in [-0.15, -0.1) is 0 Å². The van der Waals surface area contributed by atoms with Crippen LogP contribution in [0.5, 0.6) is 11.5 Å². The molecule has 3 aromatic rings. The van der Waals surface area contributed by atoms with Gasteiger partial charge in [0.05, 0.1) is 13.0 Å². The van der Waals surface area contributed by atoms with E-state index in [-0.39, 0.29) is 23.1 Å². The fraction of sp³-hybridized carbons (Fsp3) is 0.310. The summed E-state index contributed by atoms with van der Waals surface area (Å²) in [6, 6.07) is 20.0. The van der Waals surface area contributed by atoms with Crippen LogP contribution in [0.1, 0.15) is 55.2 Å². The zero-order valence-corrected chi connectivity index (χ0v) is 21.6. The summed E-state index contributed by atoms with van der Waals surface area (Å²) in [5.74, 6) is -2.43. The Morgan fingerprint density at radius 1 is 0.811 bits per heavy atom. The van der Waals surface area contributed by atoms with Gasteiger partial charge in [0.25, 0.3) is 5.91 Å². The average Bonchev–Trinajstić information content (AvgIpc) is 2.89. The van der Waals surface area contributed by atoms with E-state index in [0.717, 1.165) is 11.1 Å². The molecule has 0 aliphatic heterocycles. The van der Waals surface area contributed by atoms with E-state index in [4.69, 9.17) is 14.2 Å². The first-order chi connectivity index (χ1) is 17.7. The highest BCUT2D eigenvalue weighted by Gasteiger charge is 2.29. The van der Waals surface area contributed by atoms with Gasteiger partial charge in [-0.25, -0.2) is 9.78 Å². The van der Waals surface area contributed by atoms with Gasteiger partial charge in [-0.3, -0.25) is 9.59 Å². The van der Waals surface area contributed by atoms with E-state index in [1.807, 2.05) is 67.6 Å². The van der Waals surface area contributed by atoms with Crippen molar-refractivity contribution in [2.45, 2.75) is 45.8 Å². The smallest absolute Gasteiger partial charge is 0.328 e. The molecule has 3 rings (SSSR count). The molecule has 0 spiro atoms. The minimum absolute atomic E-state index is 0.108. The van der Waals surface area contributed by atoms with Gasteiger partial charge in [0.1, 0.15) is 12.1 Å². The summed E-state index contributed by atoms with van der Waals surface area (Å²) >= 11 is 0. The highest BCUT2D eigenvalue weighted by atomic mass is 16.6. The third kappa shape index (κ3) is 6.94. The minimum Gasteiger partial charge on any atom is -0.493 e. The van der Waals surface area contributed by atoms with Crippen molar-refractivity contribution in [1.29, 1.82) is 0 Å². The zero-order valence-electron chi connectivity index (χ0n) is 21.6. The van der Waals surface area contributed by atoms with Crippen molar-refractivity contribution in [1.82, 2.24) is 10.3 Å². The molecule has 0 radical (unpaired) electrons. The van der Waals surface area contributed by atoms with Crippen LogP contribution in [0, 0.1) is 5.92 Å². The molecule has 0 aliphatic rings. The van der Waals surface area contributed by atoms with Crippen molar-refractivity contribution in [3.8, 4) is 11.5 Å². The molecular weight excluding hydrogens is 472 g/mol. The van der Waals surface area contributed by atoms with Gasteiger partial charge in [0.2, 0.25) is 5.75 Å². The van der Waals surface area contributed by atoms with E-state index >= 15 is 0 Å². The first kappa shape index (κ1) is 27.4. The Morgan fingerprint density at radius 2 is 1.38 bits per heavy atom. The molecule has 1 aromatic heterocycles. The number of rotatable bonds is 10. The van der Waals surface area contributed by atoms with E-state index in [1.165, 1.54) is 26.3 Å². The Kier molecular flexibility index (Phi) is 9.38. The lowest BCUT2D eigenvalue weighted by molar-refractivity contribution is -0.150. The second kappa shape index (κ2) is 12.7. The molecule has 2 atom stereocenters. The largest absolute Gasteiger partial charge is 0.493 e. The van der Waals surface area contributed by atoms with Gasteiger partial charge >= 0.3 is 11.9 Å². The Balaban J connectivity index is 1.76. The van der Waals surface area contributed by atoms with Crippen molar-refractivity contribution < 1.29 is 28.6 Å². The Morgan fingerprint density at radius 3 is 1.89 bits per heavy atom. The maximum atomic E-state index is 13.0. The summed E-state index contributed by atoms with van der Waals surface area (Å²) in [5, 5.41) is 2.59. The molecule has 0 aliphatic carbocycles. The second-order valence-electron chi connectivity index (χ2n) is 8.90. The topological polar surface area (TPSA) is 104 Å². The molecule has 0 unspecified atom stereocenters. The third-order valence-corrected chi connectivity index (χ3v) is 5.77. The second-order valence-corrected chi connectivity index (χ2v) is 8.90. The molecular formula is C29H32N2O6. The standard InChI is InChI=1S/C29H32N2O6/c1-18(2)28(33)37-26-23(35-5)16-17-30-25(26)27(32)31-19(3)29(34)36-20(4)24(21-12-8-6-9-13-21)22-14-10-7-11-15-22/h6-20,24H,1-5H3,(H,31,32)/t19-,20-/m0/s1. The third-order valence-electron chi connectivity index (χ3n) is 5.77. The molecule has 37 heavy (non-hydrogen) atoms. The van der Waals surface area contributed by atoms with Gasteiger partial charge < -0.3 is 19.5 Å². The number of esters is 2. The lowest BCUT2D eigenvalue weighted by Gasteiger charge is -2.26. The molecule has 0 fully saturated rings. The fourth-order valence-corrected chi connectivity index (χ4v) is 3.80. The zero-order chi connectivity index (χ0) is 26.9. The van der Waals surface area contributed by atoms with Crippen molar-refractivity contribution in [2.75, 3.05) is 7.11 Å². The van der Waals surface area contributed by atoms with E-state index < -0.39 is 35.9 Å². The first-order valence-corrected chi connectivity index (χ1v) is 12.1. The highest BCUT2D eigenvalue weighted by molar-refractivity contribution is 5.98. The van der Waals surface area contributed by atoms with Gasteiger partial charge in [-0.2, -0.15) is 0 Å². The lowest BCUT2D eigenvalue weighted by Crippen LogP contribution is -2.41. The Hall–Kier alpha value is -4.20. The number of carbonyl (C=O) groups is 3. The van der Waals surface area contributed by atoms with Crippen molar-refractivity contribution in [3.63, 3.8) is 0 Å². The van der Waals surface area contributed by atoms with Crippen LogP contribution < -0.4 is 14.8 Å². The van der Waals surface area contributed by atoms with Gasteiger partial charge in [-0.1, -0.05) is 74.5 Å². The molecule has 1 heterocycles.